The van der Waals surface area contributed by atoms with Crippen LogP contribution in [-0.2, 0) is 0 Å². The molecule has 0 saturated carbocycles. The van der Waals surface area contributed by atoms with Crippen molar-refractivity contribution in [3.8, 4) is 0 Å². The van der Waals surface area contributed by atoms with Crippen molar-refractivity contribution >= 4 is 17.4 Å². The number of carbonyl (C=O) groups excluding carboxylic acids is 1. The van der Waals surface area contributed by atoms with Crippen molar-refractivity contribution in [1.82, 2.24) is 4.98 Å². The molecule has 0 aliphatic heterocycles. The zero-order chi connectivity index (χ0) is 14.2. The van der Waals surface area contributed by atoms with Crippen molar-refractivity contribution in [2.24, 2.45) is 0 Å². The summed E-state index contributed by atoms with van der Waals surface area (Å²) in [5.74, 6) is -2.24. The molecule has 4 N–H and O–H groups in total. The predicted molar refractivity (Wildman–Crippen MR) is 66.7 cm³/mol. The highest BCUT2D eigenvalue weighted by Crippen LogP contribution is 2.20. The molecule has 1 aromatic carbocycles. The Morgan fingerprint density at radius 1 is 1.26 bits per heavy atom. The molecule has 0 spiro atoms. The minimum atomic E-state index is -1.17. The van der Waals surface area contributed by atoms with Gasteiger partial charge in [-0.1, -0.05) is 0 Å². The first-order valence-electron chi connectivity index (χ1n) is 5.42. The molecule has 0 saturated heterocycles. The third kappa shape index (κ3) is 2.33. The molecule has 6 heteroatoms. The van der Waals surface area contributed by atoms with Gasteiger partial charge in [0.05, 0.1) is 0 Å². The van der Waals surface area contributed by atoms with Gasteiger partial charge in [-0.15, -0.1) is 0 Å². The lowest BCUT2D eigenvalue weighted by molar-refractivity contribution is 0.0691. The summed E-state index contributed by atoms with van der Waals surface area (Å²) in [5.41, 5.74) is 6.16. The maximum atomic E-state index is 13.5. The van der Waals surface area contributed by atoms with E-state index in [0.29, 0.717) is 0 Å². The maximum Gasteiger partial charge on any atom is 0.352 e. The number of aromatic amines is 1. The molecule has 0 atom stereocenters. The van der Waals surface area contributed by atoms with Crippen LogP contribution in [0.4, 0.5) is 10.1 Å². The van der Waals surface area contributed by atoms with Gasteiger partial charge in [-0.2, -0.15) is 0 Å². The smallest absolute Gasteiger partial charge is 0.352 e. The van der Waals surface area contributed by atoms with Gasteiger partial charge in [0.1, 0.15) is 11.5 Å². The molecule has 0 amide bonds. The molecular weight excluding hydrogens is 251 g/mol. The molecule has 0 aliphatic carbocycles. The number of aromatic nitrogens is 1. The number of carbonyl (C=O) groups is 2. The molecule has 0 radical (unpaired) electrons. The topological polar surface area (TPSA) is 96.2 Å². The summed E-state index contributed by atoms with van der Waals surface area (Å²) in [4.78, 5) is 25.2. The fraction of sp³-hybridized carbons (Fsp3) is 0.0769. The summed E-state index contributed by atoms with van der Waals surface area (Å²) in [5, 5.41) is 8.75. The Morgan fingerprint density at radius 3 is 2.47 bits per heavy atom. The third-order valence-electron chi connectivity index (χ3n) is 2.82. The summed E-state index contributed by atoms with van der Waals surface area (Å²) in [6, 6.07) is 3.65. The molecular formula is C13H11FN2O3. The third-order valence-corrected chi connectivity index (χ3v) is 2.82. The molecule has 0 aliphatic rings. The number of benzene rings is 1. The number of aromatic carboxylic acids is 1. The van der Waals surface area contributed by atoms with Crippen molar-refractivity contribution in [2.45, 2.75) is 6.92 Å². The lowest BCUT2D eigenvalue weighted by atomic mass is 10.0. The van der Waals surface area contributed by atoms with Crippen LogP contribution in [-0.4, -0.2) is 21.8 Å². The fourth-order valence-corrected chi connectivity index (χ4v) is 1.65. The summed E-state index contributed by atoms with van der Waals surface area (Å²) in [6.07, 6.45) is 1.26. The Morgan fingerprint density at radius 2 is 1.95 bits per heavy atom. The molecule has 5 nitrogen and oxygen atoms in total. The van der Waals surface area contributed by atoms with E-state index in [1.807, 2.05) is 0 Å². The quantitative estimate of drug-likeness (QED) is 0.582. The summed E-state index contributed by atoms with van der Waals surface area (Å²) >= 11 is 0. The van der Waals surface area contributed by atoms with E-state index in [2.05, 4.69) is 4.98 Å². The predicted octanol–water partition coefficient (Wildman–Crippen LogP) is 1.97. The van der Waals surface area contributed by atoms with Gasteiger partial charge in [0, 0.05) is 28.6 Å². The van der Waals surface area contributed by atoms with Crippen LogP contribution in [0, 0.1) is 12.7 Å². The van der Waals surface area contributed by atoms with Gasteiger partial charge in [-0.3, -0.25) is 4.79 Å². The van der Waals surface area contributed by atoms with Crippen LogP contribution >= 0.6 is 0 Å². The number of nitrogens with one attached hydrogen (secondary N) is 1. The van der Waals surface area contributed by atoms with E-state index in [1.165, 1.54) is 25.3 Å². The fourth-order valence-electron chi connectivity index (χ4n) is 1.65. The van der Waals surface area contributed by atoms with Crippen LogP contribution in [0.15, 0.2) is 24.4 Å². The van der Waals surface area contributed by atoms with E-state index >= 15 is 0 Å². The molecule has 1 heterocycles. The molecule has 98 valence electrons. The lowest BCUT2D eigenvalue weighted by Crippen LogP contribution is -2.04. The molecule has 2 aromatic rings. The number of halogens is 1. The van der Waals surface area contributed by atoms with Gasteiger partial charge < -0.3 is 15.8 Å². The van der Waals surface area contributed by atoms with Crippen molar-refractivity contribution in [3.05, 3.63) is 52.6 Å². The van der Waals surface area contributed by atoms with Crippen molar-refractivity contribution in [2.75, 3.05) is 5.73 Å². The van der Waals surface area contributed by atoms with Crippen LogP contribution in [0.3, 0.4) is 0 Å². The molecule has 0 unspecified atom stereocenters. The summed E-state index contributed by atoms with van der Waals surface area (Å²) in [6.45, 7) is 1.51. The standard InChI is InChI=1S/C13H11FN2O3/c1-6-9(14)2-7(3-10(6)15)12(17)8-4-11(13(18)19)16-5-8/h2-5,16H,15H2,1H3,(H,18,19). The Hall–Kier alpha value is -2.63. The number of ketones is 1. The lowest BCUT2D eigenvalue weighted by Gasteiger charge is -2.05. The summed E-state index contributed by atoms with van der Waals surface area (Å²) in [7, 11) is 0. The highest BCUT2D eigenvalue weighted by molar-refractivity contribution is 6.10. The van der Waals surface area contributed by atoms with Crippen LogP contribution in [0.1, 0.15) is 32.0 Å². The van der Waals surface area contributed by atoms with E-state index in [-0.39, 0.29) is 28.1 Å². The van der Waals surface area contributed by atoms with Crippen LogP contribution in [0.5, 0.6) is 0 Å². The highest BCUT2D eigenvalue weighted by Gasteiger charge is 2.16. The maximum absolute atomic E-state index is 13.5. The number of rotatable bonds is 3. The normalized spacial score (nSPS) is 10.4. The van der Waals surface area contributed by atoms with Crippen molar-refractivity contribution in [3.63, 3.8) is 0 Å². The van der Waals surface area contributed by atoms with E-state index in [0.717, 1.165) is 6.07 Å². The van der Waals surface area contributed by atoms with Crippen LogP contribution < -0.4 is 5.73 Å². The molecule has 0 bridgehead atoms. The number of nitrogens with two attached hydrogens (primary N) is 1. The van der Waals surface area contributed by atoms with Gasteiger partial charge in [0.25, 0.3) is 0 Å². The number of hydrogen-bond acceptors (Lipinski definition) is 3. The number of H-pyrrole nitrogens is 1. The number of carboxylic acid groups (broad SMARTS) is 1. The Bertz CT molecular complexity index is 653. The van der Waals surface area contributed by atoms with E-state index < -0.39 is 17.6 Å². The van der Waals surface area contributed by atoms with Gasteiger partial charge in [-0.25, -0.2) is 9.18 Å². The monoisotopic (exact) mass is 262 g/mol. The number of anilines is 1. The summed E-state index contributed by atoms with van der Waals surface area (Å²) < 4.78 is 13.5. The second-order valence-corrected chi connectivity index (χ2v) is 4.11. The van der Waals surface area contributed by atoms with E-state index in [1.54, 1.807) is 0 Å². The molecule has 19 heavy (non-hydrogen) atoms. The largest absolute Gasteiger partial charge is 0.477 e. The van der Waals surface area contributed by atoms with Gasteiger partial charge in [-0.05, 0) is 25.1 Å². The van der Waals surface area contributed by atoms with Crippen molar-refractivity contribution < 1.29 is 19.1 Å². The zero-order valence-electron chi connectivity index (χ0n) is 10.0. The SMILES string of the molecule is Cc1c(N)cc(C(=O)c2c[nH]c(C(=O)O)c2)cc1F. The highest BCUT2D eigenvalue weighted by atomic mass is 19.1. The average Bonchev–Trinajstić information content (AvgIpc) is 2.84. The number of hydrogen-bond donors (Lipinski definition) is 3. The van der Waals surface area contributed by atoms with Crippen molar-refractivity contribution in [1.29, 1.82) is 0 Å². The minimum Gasteiger partial charge on any atom is -0.477 e. The van der Waals surface area contributed by atoms with Gasteiger partial charge >= 0.3 is 5.97 Å². The Balaban J connectivity index is 2.41. The number of nitrogen functional groups attached to an aromatic ring is 1. The van der Waals surface area contributed by atoms with Crippen LogP contribution in [0.2, 0.25) is 0 Å². The first-order valence-corrected chi connectivity index (χ1v) is 5.42. The average molecular weight is 262 g/mol. The number of carboxylic acids is 1. The Labute approximate surface area is 107 Å². The van der Waals surface area contributed by atoms with Gasteiger partial charge in [0.15, 0.2) is 5.78 Å². The van der Waals surface area contributed by atoms with Gasteiger partial charge in [0.2, 0.25) is 0 Å². The van der Waals surface area contributed by atoms with Crippen LogP contribution in [0.25, 0.3) is 0 Å². The second kappa shape index (κ2) is 4.56. The molecule has 1 aromatic heterocycles. The zero-order valence-corrected chi connectivity index (χ0v) is 10.0. The minimum absolute atomic E-state index is 0.0801. The second-order valence-electron chi connectivity index (χ2n) is 4.11. The molecule has 0 fully saturated rings. The Kier molecular flexibility index (Phi) is 3.08. The van der Waals surface area contributed by atoms with E-state index in [4.69, 9.17) is 10.8 Å². The first-order chi connectivity index (χ1) is 8.90. The first kappa shape index (κ1) is 12.8. The molecule has 2 rings (SSSR count). The van der Waals surface area contributed by atoms with E-state index in [9.17, 15) is 14.0 Å².